The monoisotopic (exact) mass is 341 g/mol. The normalized spacial score (nSPS) is 18.5. The maximum absolute atomic E-state index is 10.9. The number of nitrogens with zero attached hydrogens (tertiary/aromatic N) is 1. The Hall–Kier alpha value is -1.94. The van der Waals surface area contributed by atoms with Gasteiger partial charge in [0.15, 0.2) is 0 Å². The molecular weight excluding hydrogens is 318 g/mol. The zero-order valence-corrected chi connectivity index (χ0v) is 15.4. The molecule has 0 bridgehead atoms. The molecule has 126 valence electrons. The van der Waals surface area contributed by atoms with Crippen molar-refractivity contribution in [3.05, 3.63) is 51.2 Å². The van der Waals surface area contributed by atoms with E-state index in [1.54, 1.807) is 17.7 Å². The molecule has 1 N–H and O–H groups in total. The molecule has 0 radical (unpaired) electrons. The van der Waals surface area contributed by atoms with Crippen LogP contribution in [0.4, 0.5) is 5.69 Å². The first kappa shape index (κ1) is 16.9. The summed E-state index contributed by atoms with van der Waals surface area (Å²) in [7, 11) is 0. The van der Waals surface area contributed by atoms with E-state index in [1.165, 1.54) is 35.3 Å². The summed E-state index contributed by atoms with van der Waals surface area (Å²) in [5.74, 6) is -0.899. The number of aliphatic imine (C=N–C) groups is 1. The Bertz CT molecular complexity index is 815. The third-order valence-corrected chi connectivity index (χ3v) is 5.91. The Kier molecular flexibility index (Phi) is 4.12. The van der Waals surface area contributed by atoms with Crippen LogP contribution in [0.2, 0.25) is 0 Å². The molecule has 4 heteroatoms. The first-order valence-corrected chi connectivity index (χ1v) is 9.08. The molecule has 0 atom stereocenters. The fourth-order valence-electron chi connectivity index (χ4n) is 3.33. The van der Waals surface area contributed by atoms with Crippen molar-refractivity contribution in [1.82, 2.24) is 0 Å². The van der Waals surface area contributed by atoms with Crippen LogP contribution >= 0.6 is 11.3 Å². The van der Waals surface area contributed by atoms with Crippen molar-refractivity contribution in [2.24, 2.45) is 4.99 Å². The second kappa shape index (κ2) is 5.85. The van der Waals surface area contributed by atoms with Crippen molar-refractivity contribution in [1.29, 1.82) is 0 Å². The van der Waals surface area contributed by atoms with Crippen molar-refractivity contribution in [2.45, 2.75) is 51.4 Å². The molecule has 1 aliphatic rings. The lowest BCUT2D eigenvalue weighted by Crippen LogP contribution is -2.33. The van der Waals surface area contributed by atoms with E-state index in [4.69, 9.17) is 5.11 Å². The van der Waals surface area contributed by atoms with Gasteiger partial charge in [0.2, 0.25) is 0 Å². The topological polar surface area (TPSA) is 49.7 Å². The third kappa shape index (κ3) is 3.16. The highest BCUT2D eigenvalue weighted by Gasteiger charge is 2.36. The van der Waals surface area contributed by atoms with Gasteiger partial charge in [-0.25, -0.2) is 4.79 Å². The van der Waals surface area contributed by atoms with E-state index < -0.39 is 5.97 Å². The summed E-state index contributed by atoms with van der Waals surface area (Å²) < 4.78 is 0. The van der Waals surface area contributed by atoms with Gasteiger partial charge < -0.3 is 5.11 Å². The Labute approximate surface area is 147 Å². The van der Waals surface area contributed by atoms with Crippen molar-refractivity contribution in [3.8, 4) is 0 Å². The first-order valence-electron chi connectivity index (χ1n) is 8.20. The van der Waals surface area contributed by atoms with E-state index in [9.17, 15) is 4.79 Å². The Morgan fingerprint density at radius 3 is 2.42 bits per heavy atom. The maximum atomic E-state index is 10.9. The van der Waals surface area contributed by atoms with Crippen LogP contribution in [0, 0.1) is 0 Å². The van der Waals surface area contributed by atoms with Crippen molar-refractivity contribution >= 4 is 29.2 Å². The zero-order chi connectivity index (χ0) is 17.5. The predicted molar refractivity (Wildman–Crippen MR) is 100 cm³/mol. The number of benzene rings is 1. The minimum absolute atomic E-state index is 0.162. The van der Waals surface area contributed by atoms with Gasteiger partial charge in [-0.3, -0.25) is 4.99 Å². The van der Waals surface area contributed by atoms with Gasteiger partial charge in [-0.15, -0.1) is 11.3 Å². The van der Waals surface area contributed by atoms with E-state index in [0.717, 1.165) is 10.6 Å². The lowest BCUT2D eigenvalue weighted by molar-refractivity contribution is 0.0697. The van der Waals surface area contributed by atoms with Crippen LogP contribution in [0.3, 0.4) is 0 Å². The number of rotatable bonds is 3. The van der Waals surface area contributed by atoms with Crippen LogP contribution in [0.5, 0.6) is 0 Å². The number of carboxylic acid groups (broad SMARTS) is 1. The summed E-state index contributed by atoms with van der Waals surface area (Å²) in [6.45, 7) is 9.21. The minimum atomic E-state index is -0.899. The van der Waals surface area contributed by atoms with Crippen LogP contribution in [-0.2, 0) is 10.8 Å². The predicted octanol–water partition coefficient (Wildman–Crippen LogP) is 5.55. The lowest BCUT2D eigenvalue weighted by atomic mass is 9.63. The molecule has 3 rings (SSSR count). The number of aromatic carboxylic acids is 1. The number of hydrogen-bond acceptors (Lipinski definition) is 3. The van der Waals surface area contributed by atoms with Gasteiger partial charge in [0.05, 0.1) is 11.3 Å². The number of hydrogen-bond donors (Lipinski definition) is 1. The van der Waals surface area contributed by atoms with Gasteiger partial charge in [0.25, 0.3) is 0 Å². The smallest absolute Gasteiger partial charge is 0.336 e. The molecule has 0 fully saturated rings. The molecule has 1 aliphatic carbocycles. The minimum Gasteiger partial charge on any atom is -0.478 e. The SMILES string of the molecule is CC1(C)CCC(C)(C)c2cc(N=Cc3cc(C(=O)O)cs3)ccc21. The highest BCUT2D eigenvalue weighted by Crippen LogP contribution is 2.46. The van der Waals surface area contributed by atoms with Crippen LogP contribution in [0.1, 0.15) is 66.9 Å². The van der Waals surface area contributed by atoms with Crippen molar-refractivity contribution in [3.63, 3.8) is 0 Å². The summed E-state index contributed by atoms with van der Waals surface area (Å²) in [6, 6.07) is 8.12. The summed E-state index contributed by atoms with van der Waals surface area (Å²) in [4.78, 5) is 16.4. The van der Waals surface area contributed by atoms with Gasteiger partial charge >= 0.3 is 5.97 Å². The Balaban J connectivity index is 1.93. The molecule has 1 aromatic carbocycles. The Morgan fingerprint density at radius 2 is 1.79 bits per heavy atom. The maximum Gasteiger partial charge on any atom is 0.336 e. The third-order valence-electron chi connectivity index (χ3n) is 5.04. The van der Waals surface area contributed by atoms with Crippen molar-refractivity contribution < 1.29 is 9.90 Å². The average Bonchev–Trinajstić information content (AvgIpc) is 2.99. The van der Waals surface area contributed by atoms with Gasteiger partial charge in [-0.05, 0) is 53.0 Å². The van der Waals surface area contributed by atoms with E-state index in [2.05, 4.69) is 50.9 Å². The molecule has 1 aromatic heterocycles. The van der Waals surface area contributed by atoms with Gasteiger partial charge in [-0.2, -0.15) is 0 Å². The Morgan fingerprint density at radius 1 is 1.12 bits per heavy atom. The summed E-state index contributed by atoms with van der Waals surface area (Å²) >= 11 is 1.40. The van der Waals surface area contributed by atoms with E-state index in [0.29, 0.717) is 5.56 Å². The number of carboxylic acids is 1. The molecule has 0 saturated heterocycles. The molecule has 24 heavy (non-hydrogen) atoms. The number of thiophene rings is 1. The molecule has 3 nitrogen and oxygen atoms in total. The second-order valence-corrected chi connectivity index (χ2v) is 8.74. The number of fused-ring (bicyclic) bond motifs is 1. The van der Waals surface area contributed by atoms with Crippen LogP contribution in [0.15, 0.2) is 34.6 Å². The quantitative estimate of drug-likeness (QED) is 0.745. The molecule has 2 aromatic rings. The standard InChI is InChI=1S/C20H23NO2S/c1-19(2)7-8-20(3,4)17-10-14(5-6-16(17)19)21-11-15-9-13(12-24-15)18(22)23/h5-6,9-12H,7-8H2,1-4H3,(H,22,23). The first-order chi connectivity index (χ1) is 11.2. The van der Waals surface area contributed by atoms with Crippen molar-refractivity contribution in [2.75, 3.05) is 0 Å². The highest BCUT2D eigenvalue weighted by molar-refractivity contribution is 7.12. The zero-order valence-electron chi connectivity index (χ0n) is 14.6. The molecule has 0 spiro atoms. The average molecular weight is 341 g/mol. The molecular formula is C20H23NO2S. The largest absolute Gasteiger partial charge is 0.478 e. The fraction of sp³-hybridized carbons (Fsp3) is 0.400. The summed E-state index contributed by atoms with van der Waals surface area (Å²) in [5, 5.41) is 10.6. The van der Waals surface area contributed by atoms with Gasteiger partial charge in [0, 0.05) is 16.5 Å². The second-order valence-electron chi connectivity index (χ2n) is 7.80. The van der Waals surface area contributed by atoms with Crippen LogP contribution in [0.25, 0.3) is 0 Å². The number of carbonyl (C=O) groups is 1. The van der Waals surface area contributed by atoms with Gasteiger partial charge in [0.1, 0.15) is 0 Å². The van der Waals surface area contributed by atoms with E-state index >= 15 is 0 Å². The van der Waals surface area contributed by atoms with E-state index in [1.807, 2.05) is 0 Å². The summed E-state index contributed by atoms with van der Waals surface area (Å²) in [5.41, 5.74) is 4.40. The molecule has 1 heterocycles. The fourth-order valence-corrected chi connectivity index (χ4v) is 4.07. The van der Waals surface area contributed by atoms with Crippen LogP contribution in [-0.4, -0.2) is 17.3 Å². The summed E-state index contributed by atoms with van der Waals surface area (Å²) in [6.07, 6.45) is 4.12. The molecule has 0 saturated carbocycles. The highest BCUT2D eigenvalue weighted by atomic mass is 32.1. The molecule has 0 amide bonds. The molecule has 0 aliphatic heterocycles. The molecule has 0 unspecified atom stereocenters. The lowest BCUT2D eigenvalue weighted by Gasteiger charge is -2.41. The van der Waals surface area contributed by atoms with Gasteiger partial charge in [-0.1, -0.05) is 33.8 Å². The van der Waals surface area contributed by atoms with Crippen LogP contribution < -0.4 is 0 Å². The van der Waals surface area contributed by atoms with E-state index in [-0.39, 0.29) is 10.8 Å².